The quantitative estimate of drug-likeness (QED) is 0.515. The zero-order valence-electron chi connectivity index (χ0n) is 12.0. The highest BCUT2D eigenvalue weighted by molar-refractivity contribution is 5.93. The highest BCUT2D eigenvalue weighted by Crippen LogP contribution is 2.32. The third kappa shape index (κ3) is 2.62. The van der Waals surface area contributed by atoms with Gasteiger partial charge in [0.2, 0.25) is 0 Å². The summed E-state index contributed by atoms with van der Waals surface area (Å²) in [5.74, 6) is 4.88. The molecular formula is C17H19N3O. The van der Waals surface area contributed by atoms with Crippen LogP contribution in [0.3, 0.4) is 0 Å². The molecule has 3 N–H and O–H groups in total. The maximum atomic E-state index is 11.4. The Morgan fingerprint density at radius 1 is 1.24 bits per heavy atom. The van der Waals surface area contributed by atoms with Crippen molar-refractivity contribution >= 4 is 11.6 Å². The van der Waals surface area contributed by atoms with Gasteiger partial charge in [0.05, 0.1) is 0 Å². The summed E-state index contributed by atoms with van der Waals surface area (Å²) in [6.45, 7) is 3.10. The Morgan fingerprint density at radius 3 is 2.67 bits per heavy atom. The molecule has 2 aromatic rings. The summed E-state index contributed by atoms with van der Waals surface area (Å²) in [4.78, 5) is 13.8. The lowest BCUT2D eigenvalue weighted by atomic mass is 10.1. The predicted molar refractivity (Wildman–Crippen MR) is 83.9 cm³/mol. The van der Waals surface area contributed by atoms with Crippen LogP contribution in [0.25, 0.3) is 0 Å². The number of para-hydroxylation sites is 1. The van der Waals surface area contributed by atoms with Crippen LogP contribution >= 0.6 is 0 Å². The second kappa shape index (κ2) is 5.58. The molecule has 0 fully saturated rings. The molecule has 108 valence electrons. The molecule has 0 radical (unpaired) electrons. The lowest BCUT2D eigenvalue weighted by molar-refractivity contribution is 0.0953. The monoisotopic (exact) mass is 281 g/mol. The van der Waals surface area contributed by atoms with E-state index in [-0.39, 0.29) is 5.91 Å². The molecule has 1 aliphatic heterocycles. The molecule has 4 nitrogen and oxygen atoms in total. The first-order chi connectivity index (χ1) is 10.2. The third-order valence-electron chi connectivity index (χ3n) is 4.05. The van der Waals surface area contributed by atoms with Gasteiger partial charge in [0, 0.05) is 23.8 Å². The molecule has 1 amide bonds. The van der Waals surface area contributed by atoms with Gasteiger partial charge in [-0.2, -0.15) is 0 Å². The first-order valence-corrected chi connectivity index (χ1v) is 7.13. The molecule has 21 heavy (non-hydrogen) atoms. The van der Waals surface area contributed by atoms with Crippen molar-refractivity contribution in [2.45, 2.75) is 25.9 Å². The highest BCUT2D eigenvalue weighted by Gasteiger charge is 2.25. The van der Waals surface area contributed by atoms with Crippen molar-refractivity contribution in [3.05, 3.63) is 65.2 Å². The molecule has 2 aromatic carbocycles. The minimum Gasteiger partial charge on any atom is -0.364 e. The number of hydrogen-bond acceptors (Lipinski definition) is 3. The van der Waals surface area contributed by atoms with Gasteiger partial charge < -0.3 is 4.90 Å². The van der Waals surface area contributed by atoms with E-state index in [2.05, 4.69) is 41.5 Å². The number of hydrazine groups is 1. The average Bonchev–Trinajstić information content (AvgIpc) is 2.83. The molecule has 4 heteroatoms. The zero-order chi connectivity index (χ0) is 14.8. The van der Waals surface area contributed by atoms with Crippen molar-refractivity contribution in [3.63, 3.8) is 0 Å². The van der Waals surface area contributed by atoms with E-state index >= 15 is 0 Å². The molecule has 0 bridgehead atoms. The number of benzene rings is 2. The van der Waals surface area contributed by atoms with Crippen LogP contribution in [0.5, 0.6) is 0 Å². The molecule has 0 aliphatic carbocycles. The SMILES string of the molecule is CC1Cc2ccccc2N1Cc1ccc(C(=O)NN)cc1. The standard InChI is InChI=1S/C17H19N3O/c1-12-10-15-4-2-3-5-16(15)20(12)11-13-6-8-14(9-7-13)17(21)19-18/h2-9,12H,10-11,18H2,1H3,(H,19,21). The molecule has 3 rings (SSSR count). The van der Waals surface area contributed by atoms with Gasteiger partial charge in [-0.25, -0.2) is 5.84 Å². The molecule has 1 unspecified atom stereocenters. The maximum absolute atomic E-state index is 11.4. The number of rotatable bonds is 3. The lowest BCUT2D eigenvalue weighted by Crippen LogP contribution is -2.30. The predicted octanol–water partition coefficient (Wildman–Crippen LogP) is 2.24. The van der Waals surface area contributed by atoms with Crippen LogP contribution < -0.4 is 16.2 Å². The lowest BCUT2D eigenvalue weighted by Gasteiger charge is -2.25. The topological polar surface area (TPSA) is 58.4 Å². The summed E-state index contributed by atoms with van der Waals surface area (Å²) < 4.78 is 0. The van der Waals surface area contributed by atoms with Crippen molar-refractivity contribution in [1.29, 1.82) is 0 Å². The van der Waals surface area contributed by atoms with Crippen LogP contribution in [0.2, 0.25) is 0 Å². The van der Waals surface area contributed by atoms with Gasteiger partial charge >= 0.3 is 0 Å². The number of anilines is 1. The van der Waals surface area contributed by atoms with Crippen molar-refractivity contribution in [1.82, 2.24) is 5.43 Å². The highest BCUT2D eigenvalue weighted by atomic mass is 16.2. The van der Waals surface area contributed by atoms with E-state index in [1.165, 1.54) is 16.8 Å². The Labute approximate surface area is 124 Å². The molecule has 0 spiro atoms. The Kier molecular flexibility index (Phi) is 3.62. The second-order valence-corrected chi connectivity index (χ2v) is 5.48. The first kappa shape index (κ1) is 13.6. The van der Waals surface area contributed by atoms with Gasteiger partial charge in [0.25, 0.3) is 5.91 Å². The number of nitrogens with two attached hydrogens (primary N) is 1. The Balaban J connectivity index is 1.79. The third-order valence-corrected chi connectivity index (χ3v) is 4.05. The average molecular weight is 281 g/mol. The van der Waals surface area contributed by atoms with Crippen molar-refractivity contribution in [2.75, 3.05) is 4.90 Å². The minimum atomic E-state index is -0.263. The van der Waals surface area contributed by atoms with E-state index < -0.39 is 0 Å². The summed E-state index contributed by atoms with van der Waals surface area (Å²) in [7, 11) is 0. The molecule has 0 saturated heterocycles. The van der Waals surface area contributed by atoms with E-state index in [0.717, 1.165) is 13.0 Å². The van der Waals surface area contributed by atoms with Crippen molar-refractivity contribution in [3.8, 4) is 0 Å². The Morgan fingerprint density at radius 2 is 1.95 bits per heavy atom. The first-order valence-electron chi connectivity index (χ1n) is 7.13. The van der Waals surface area contributed by atoms with Gasteiger partial charge in [0.15, 0.2) is 0 Å². The smallest absolute Gasteiger partial charge is 0.265 e. The fourth-order valence-corrected chi connectivity index (χ4v) is 2.91. The van der Waals surface area contributed by atoms with Crippen LogP contribution in [0.1, 0.15) is 28.4 Å². The fourth-order valence-electron chi connectivity index (χ4n) is 2.91. The van der Waals surface area contributed by atoms with Gasteiger partial charge in [-0.1, -0.05) is 30.3 Å². The second-order valence-electron chi connectivity index (χ2n) is 5.48. The van der Waals surface area contributed by atoms with Crippen LogP contribution in [0.4, 0.5) is 5.69 Å². The molecular weight excluding hydrogens is 262 g/mol. The van der Waals surface area contributed by atoms with Gasteiger partial charge in [-0.15, -0.1) is 0 Å². The number of nitrogens with one attached hydrogen (secondary N) is 1. The van der Waals surface area contributed by atoms with E-state index in [1.807, 2.05) is 24.3 Å². The largest absolute Gasteiger partial charge is 0.364 e. The summed E-state index contributed by atoms with van der Waals surface area (Å²) in [6, 6.07) is 16.6. The summed E-state index contributed by atoms with van der Waals surface area (Å²) >= 11 is 0. The number of carbonyl (C=O) groups excluding carboxylic acids is 1. The summed E-state index contributed by atoms with van der Waals surface area (Å²) in [5.41, 5.74) is 6.63. The molecule has 1 heterocycles. The van der Waals surface area contributed by atoms with E-state index in [0.29, 0.717) is 11.6 Å². The molecule has 1 aliphatic rings. The van der Waals surface area contributed by atoms with Gasteiger partial charge in [-0.05, 0) is 42.7 Å². The van der Waals surface area contributed by atoms with E-state index in [1.54, 1.807) is 0 Å². The van der Waals surface area contributed by atoms with Crippen LogP contribution in [0, 0.1) is 0 Å². The Bertz CT molecular complexity index is 651. The van der Waals surface area contributed by atoms with Gasteiger partial charge in [0.1, 0.15) is 0 Å². The number of nitrogen functional groups attached to an aromatic ring is 1. The van der Waals surface area contributed by atoms with Crippen molar-refractivity contribution < 1.29 is 4.79 Å². The molecule has 1 atom stereocenters. The van der Waals surface area contributed by atoms with Crippen LogP contribution in [0.15, 0.2) is 48.5 Å². The number of carbonyl (C=O) groups is 1. The Hall–Kier alpha value is -2.33. The molecule has 0 aromatic heterocycles. The number of hydrogen-bond donors (Lipinski definition) is 2. The van der Waals surface area contributed by atoms with E-state index in [4.69, 9.17) is 5.84 Å². The normalized spacial score (nSPS) is 16.7. The van der Waals surface area contributed by atoms with Crippen molar-refractivity contribution in [2.24, 2.45) is 5.84 Å². The molecule has 0 saturated carbocycles. The summed E-state index contributed by atoms with van der Waals surface area (Å²) in [5, 5.41) is 0. The van der Waals surface area contributed by atoms with Gasteiger partial charge in [-0.3, -0.25) is 10.2 Å². The number of fused-ring (bicyclic) bond motifs is 1. The zero-order valence-corrected chi connectivity index (χ0v) is 12.0. The summed E-state index contributed by atoms with van der Waals surface area (Å²) in [6.07, 6.45) is 1.09. The van der Waals surface area contributed by atoms with Crippen LogP contribution in [-0.2, 0) is 13.0 Å². The van der Waals surface area contributed by atoms with Crippen LogP contribution in [-0.4, -0.2) is 11.9 Å². The number of amides is 1. The minimum absolute atomic E-state index is 0.263. The maximum Gasteiger partial charge on any atom is 0.265 e. The fraction of sp³-hybridized carbons (Fsp3) is 0.235. The number of nitrogens with zero attached hydrogens (tertiary/aromatic N) is 1. The van der Waals surface area contributed by atoms with E-state index in [9.17, 15) is 4.79 Å².